The molecule has 3 atom stereocenters. The Morgan fingerprint density at radius 1 is 1.04 bits per heavy atom. The van der Waals surface area contributed by atoms with Crippen LogP contribution in [0.4, 0.5) is 0 Å². The molecule has 4 nitrogen and oxygen atoms in total. The minimum absolute atomic E-state index is 0.0235. The van der Waals surface area contributed by atoms with Gasteiger partial charge in [0, 0.05) is 11.1 Å². The predicted octanol–water partition coefficient (Wildman–Crippen LogP) is 3.72. The predicted molar refractivity (Wildman–Crippen MR) is 95.1 cm³/mol. The van der Waals surface area contributed by atoms with Crippen molar-refractivity contribution in [2.45, 2.75) is 50.7 Å². The van der Waals surface area contributed by atoms with Crippen molar-refractivity contribution in [1.29, 1.82) is 0 Å². The highest BCUT2D eigenvalue weighted by Crippen LogP contribution is 2.53. The largest absolute Gasteiger partial charge is 0.475 e. The molecule has 2 heterocycles. The quantitative estimate of drug-likeness (QED) is 0.801. The van der Waals surface area contributed by atoms with Crippen molar-refractivity contribution in [3.8, 4) is 5.75 Å². The molecule has 0 N–H and O–H groups in total. The van der Waals surface area contributed by atoms with Gasteiger partial charge in [0.25, 0.3) is 5.91 Å². The molecule has 2 aromatic rings. The Kier molecular flexibility index (Phi) is 3.62. The van der Waals surface area contributed by atoms with Gasteiger partial charge in [0.2, 0.25) is 11.8 Å². The third-order valence-electron chi connectivity index (χ3n) is 5.09. The highest BCUT2D eigenvalue weighted by molar-refractivity contribution is 5.91. The standard InChI is InChI=1S/C21H23NO3/c1-15-14-20(2,3)22-19(23)18(24-17-12-8-5-9-13-17)21(22,25-15)16-10-6-4-7-11-16/h4-13,15,18H,14H2,1-3H3/t15-,18+,21-/m0/s1. The van der Waals surface area contributed by atoms with E-state index in [1.54, 1.807) is 0 Å². The number of fused-ring (bicyclic) bond motifs is 1. The van der Waals surface area contributed by atoms with E-state index in [1.807, 2.05) is 65.6 Å². The fourth-order valence-electron chi connectivity index (χ4n) is 4.30. The van der Waals surface area contributed by atoms with Gasteiger partial charge >= 0.3 is 0 Å². The van der Waals surface area contributed by atoms with Crippen LogP contribution in [0.5, 0.6) is 5.75 Å². The third-order valence-corrected chi connectivity index (χ3v) is 5.09. The summed E-state index contributed by atoms with van der Waals surface area (Å²) in [5, 5.41) is 0. The fraction of sp³-hybridized carbons (Fsp3) is 0.381. The summed E-state index contributed by atoms with van der Waals surface area (Å²) in [6.07, 6.45) is 0.145. The average molecular weight is 337 g/mol. The summed E-state index contributed by atoms with van der Waals surface area (Å²) >= 11 is 0. The van der Waals surface area contributed by atoms with E-state index in [0.29, 0.717) is 5.75 Å². The molecule has 2 aromatic carbocycles. The second-order valence-corrected chi connectivity index (χ2v) is 7.49. The number of ether oxygens (including phenoxy) is 2. The number of amides is 1. The molecule has 0 aliphatic carbocycles. The maximum absolute atomic E-state index is 13.0. The van der Waals surface area contributed by atoms with E-state index in [-0.39, 0.29) is 17.6 Å². The summed E-state index contributed by atoms with van der Waals surface area (Å²) in [5.41, 5.74) is -0.216. The van der Waals surface area contributed by atoms with Crippen LogP contribution in [-0.2, 0) is 15.3 Å². The van der Waals surface area contributed by atoms with Crippen molar-refractivity contribution in [3.05, 3.63) is 66.2 Å². The fourth-order valence-corrected chi connectivity index (χ4v) is 4.30. The Hall–Kier alpha value is -2.33. The molecule has 0 saturated carbocycles. The molecule has 0 bridgehead atoms. The minimum atomic E-state index is -0.880. The van der Waals surface area contributed by atoms with Crippen LogP contribution >= 0.6 is 0 Å². The van der Waals surface area contributed by atoms with Gasteiger partial charge in [-0.25, -0.2) is 0 Å². The molecule has 0 unspecified atom stereocenters. The first-order valence-electron chi connectivity index (χ1n) is 8.74. The first-order chi connectivity index (χ1) is 11.9. The van der Waals surface area contributed by atoms with Crippen LogP contribution in [0.2, 0.25) is 0 Å². The topological polar surface area (TPSA) is 38.8 Å². The Balaban J connectivity index is 1.80. The van der Waals surface area contributed by atoms with Crippen LogP contribution in [0, 0.1) is 0 Å². The molecule has 2 saturated heterocycles. The Morgan fingerprint density at radius 3 is 2.28 bits per heavy atom. The molecule has 0 spiro atoms. The third kappa shape index (κ3) is 2.35. The molecular formula is C21H23NO3. The lowest BCUT2D eigenvalue weighted by atomic mass is 9.76. The van der Waals surface area contributed by atoms with Gasteiger partial charge in [-0.1, -0.05) is 48.5 Å². The highest BCUT2D eigenvalue weighted by Gasteiger charge is 2.70. The van der Waals surface area contributed by atoms with Gasteiger partial charge in [-0.2, -0.15) is 0 Å². The SMILES string of the molecule is C[C@H]1CC(C)(C)N2C(=O)[C@@H](Oc3ccccc3)[C@]2(c2ccccc2)O1. The van der Waals surface area contributed by atoms with E-state index >= 15 is 0 Å². The zero-order valence-corrected chi connectivity index (χ0v) is 14.8. The van der Waals surface area contributed by atoms with Gasteiger partial charge < -0.3 is 9.47 Å². The normalized spacial score (nSPS) is 30.4. The number of hydrogen-bond acceptors (Lipinski definition) is 3. The van der Waals surface area contributed by atoms with Crippen LogP contribution in [-0.4, -0.2) is 28.6 Å². The maximum Gasteiger partial charge on any atom is 0.272 e. The molecular weight excluding hydrogens is 314 g/mol. The minimum Gasteiger partial charge on any atom is -0.475 e. The lowest BCUT2D eigenvalue weighted by Crippen LogP contribution is -2.82. The molecule has 4 heteroatoms. The molecule has 130 valence electrons. The molecule has 0 radical (unpaired) electrons. The molecule has 4 rings (SSSR count). The van der Waals surface area contributed by atoms with Gasteiger partial charge in [-0.15, -0.1) is 0 Å². The lowest BCUT2D eigenvalue weighted by molar-refractivity contribution is -0.326. The number of rotatable bonds is 3. The van der Waals surface area contributed by atoms with E-state index in [1.165, 1.54) is 0 Å². The number of hydrogen-bond donors (Lipinski definition) is 0. The molecule has 0 aromatic heterocycles. The number of benzene rings is 2. The Bertz CT molecular complexity index is 774. The van der Waals surface area contributed by atoms with Crippen molar-refractivity contribution in [3.63, 3.8) is 0 Å². The van der Waals surface area contributed by atoms with E-state index < -0.39 is 11.8 Å². The summed E-state index contributed by atoms with van der Waals surface area (Å²) in [7, 11) is 0. The first-order valence-corrected chi connectivity index (χ1v) is 8.74. The van der Waals surface area contributed by atoms with Crippen LogP contribution in [0.15, 0.2) is 60.7 Å². The van der Waals surface area contributed by atoms with Crippen molar-refractivity contribution >= 4 is 5.91 Å². The van der Waals surface area contributed by atoms with Crippen molar-refractivity contribution < 1.29 is 14.3 Å². The van der Waals surface area contributed by atoms with Gasteiger partial charge in [-0.3, -0.25) is 9.69 Å². The smallest absolute Gasteiger partial charge is 0.272 e. The molecule has 2 aliphatic heterocycles. The zero-order chi connectivity index (χ0) is 17.7. The summed E-state index contributed by atoms with van der Waals surface area (Å²) < 4.78 is 12.5. The van der Waals surface area contributed by atoms with Crippen LogP contribution in [0.25, 0.3) is 0 Å². The van der Waals surface area contributed by atoms with Crippen molar-refractivity contribution in [2.75, 3.05) is 0 Å². The molecule has 2 aliphatic rings. The number of carbonyl (C=O) groups excluding carboxylic acids is 1. The van der Waals surface area contributed by atoms with Crippen LogP contribution in [0.3, 0.4) is 0 Å². The number of nitrogens with zero attached hydrogens (tertiary/aromatic N) is 1. The Morgan fingerprint density at radius 2 is 1.64 bits per heavy atom. The van der Waals surface area contributed by atoms with E-state index in [2.05, 4.69) is 20.8 Å². The van der Waals surface area contributed by atoms with Crippen molar-refractivity contribution in [2.24, 2.45) is 0 Å². The summed E-state index contributed by atoms with van der Waals surface area (Å²) in [6, 6.07) is 19.4. The monoisotopic (exact) mass is 337 g/mol. The number of β-lactam (4-membered cyclic amide) rings is 1. The number of carbonyl (C=O) groups is 1. The van der Waals surface area contributed by atoms with Gasteiger partial charge in [0.1, 0.15) is 5.75 Å². The number of para-hydroxylation sites is 1. The van der Waals surface area contributed by atoms with E-state index in [4.69, 9.17) is 9.47 Å². The first kappa shape index (κ1) is 16.2. The van der Waals surface area contributed by atoms with Gasteiger partial charge in [-0.05, 0) is 39.3 Å². The van der Waals surface area contributed by atoms with Crippen LogP contribution < -0.4 is 4.74 Å². The van der Waals surface area contributed by atoms with Gasteiger partial charge in [0.15, 0.2) is 0 Å². The lowest BCUT2D eigenvalue weighted by Gasteiger charge is -2.65. The van der Waals surface area contributed by atoms with Crippen molar-refractivity contribution in [1.82, 2.24) is 4.90 Å². The van der Waals surface area contributed by atoms with E-state index in [9.17, 15) is 4.79 Å². The highest BCUT2D eigenvalue weighted by atomic mass is 16.6. The summed E-state index contributed by atoms with van der Waals surface area (Å²) in [5.74, 6) is 0.653. The Labute approximate surface area is 148 Å². The maximum atomic E-state index is 13.0. The summed E-state index contributed by atoms with van der Waals surface area (Å²) in [4.78, 5) is 14.9. The zero-order valence-electron chi connectivity index (χ0n) is 14.8. The molecule has 1 amide bonds. The van der Waals surface area contributed by atoms with E-state index in [0.717, 1.165) is 12.0 Å². The second-order valence-electron chi connectivity index (χ2n) is 7.49. The van der Waals surface area contributed by atoms with Gasteiger partial charge in [0.05, 0.1) is 6.10 Å². The average Bonchev–Trinajstić information content (AvgIpc) is 2.59. The molecule has 2 fully saturated rings. The summed E-state index contributed by atoms with van der Waals surface area (Å²) in [6.45, 7) is 6.26. The molecule has 25 heavy (non-hydrogen) atoms. The van der Waals surface area contributed by atoms with Crippen LogP contribution in [0.1, 0.15) is 32.8 Å². The second kappa shape index (κ2) is 5.60.